The molecular formula is C14H14Cl2N2. The largest absolute Gasteiger partial charge is 0.306 e. The molecule has 0 aliphatic heterocycles. The Balaban J connectivity index is 2.01. The quantitative estimate of drug-likeness (QED) is 0.906. The van der Waals surface area contributed by atoms with Crippen molar-refractivity contribution in [3.8, 4) is 0 Å². The lowest BCUT2D eigenvalue weighted by atomic mass is 10.1. The van der Waals surface area contributed by atoms with Crippen LogP contribution in [0, 0.1) is 0 Å². The third-order valence-electron chi connectivity index (χ3n) is 2.79. The fourth-order valence-electron chi connectivity index (χ4n) is 1.69. The van der Waals surface area contributed by atoms with Crippen LogP contribution in [-0.4, -0.2) is 4.98 Å². The normalized spacial score (nSPS) is 12.4. The van der Waals surface area contributed by atoms with Gasteiger partial charge in [-0.15, -0.1) is 0 Å². The van der Waals surface area contributed by atoms with Crippen LogP contribution in [-0.2, 0) is 6.54 Å². The summed E-state index contributed by atoms with van der Waals surface area (Å²) >= 11 is 12.1. The van der Waals surface area contributed by atoms with Gasteiger partial charge in [-0.25, -0.2) is 0 Å². The average molecular weight is 281 g/mol. The summed E-state index contributed by atoms with van der Waals surface area (Å²) in [6, 6.07) is 9.68. The van der Waals surface area contributed by atoms with E-state index < -0.39 is 0 Å². The third-order valence-corrected chi connectivity index (χ3v) is 3.39. The molecule has 18 heavy (non-hydrogen) atoms. The highest BCUT2D eigenvalue weighted by atomic mass is 35.5. The average Bonchev–Trinajstić information content (AvgIpc) is 2.40. The maximum Gasteiger partial charge on any atom is 0.0451 e. The van der Waals surface area contributed by atoms with Gasteiger partial charge < -0.3 is 5.32 Å². The van der Waals surface area contributed by atoms with E-state index in [1.165, 1.54) is 0 Å². The molecule has 2 rings (SSSR count). The number of aromatic nitrogens is 1. The van der Waals surface area contributed by atoms with Crippen LogP contribution >= 0.6 is 23.2 Å². The first-order valence-corrected chi connectivity index (χ1v) is 6.49. The fourth-order valence-corrected chi connectivity index (χ4v) is 2.07. The molecule has 1 aromatic carbocycles. The van der Waals surface area contributed by atoms with Gasteiger partial charge in [-0.05, 0) is 42.3 Å². The maximum absolute atomic E-state index is 6.11. The summed E-state index contributed by atoms with van der Waals surface area (Å²) in [5.41, 5.74) is 2.15. The Morgan fingerprint density at radius 1 is 1.28 bits per heavy atom. The molecule has 1 N–H and O–H groups in total. The zero-order chi connectivity index (χ0) is 13.0. The van der Waals surface area contributed by atoms with E-state index >= 15 is 0 Å². The van der Waals surface area contributed by atoms with Crippen LogP contribution in [0.1, 0.15) is 24.1 Å². The molecule has 2 nitrogen and oxygen atoms in total. The molecule has 1 atom stereocenters. The highest BCUT2D eigenvalue weighted by molar-refractivity contribution is 6.33. The zero-order valence-electron chi connectivity index (χ0n) is 10.0. The van der Waals surface area contributed by atoms with Gasteiger partial charge >= 0.3 is 0 Å². The van der Waals surface area contributed by atoms with E-state index in [2.05, 4.69) is 17.2 Å². The fraction of sp³-hybridized carbons (Fsp3) is 0.214. The molecule has 0 aliphatic rings. The maximum atomic E-state index is 6.11. The molecule has 0 amide bonds. The Hall–Kier alpha value is -1.09. The molecule has 4 heteroatoms. The van der Waals surface area contributed by atoms with Crippen molar-refractivity contribution in [1.29, 1.82) is 0 Å². The standard InChI is InChI=1S/C14H14Cl2N2/c1-10(11-3-2-6-17-8-11)18-9-12-7-13(15)4-5-14(12)16/h2-8,10,18H,9H2,1H3/t10-/m1/s1. The van der Waals surface area contributed by atoms with Crippen LogP contribution in [0.4, 0.5) is 0 Å². The van der Waals surface area contributed by atoms with Gasteiger partial charge in [0.25, 0.3) is 0 Å². The molecular weight excluding hydrogens is 267 g/mol. The molecule has 0 bridgehead atoms. The first-order chi connectivity index (χ1) is 8.66. The van der Waals surface area contributed by atoms with Gasteiger partial charge in [0.05, 0.1) is 0 Å². The van der Waals surface area contributed by atoms with Crippen molar-refractivity contribution in [2.24, 2.45) is 0 Å². The number of hydrogen-bond acceptors (Lipinski definition) is 2. The summed E-state index contributed by atoms with van der Waals surface area (Å²) < 4.78 is 0. The number of halogens is 2. The van der Waals surface area contributed by atoms with Crippen LogP contribution < -0.4 is 5.32 Å². The van der Waals surface area contributed by atoms with Gasteiger partial charge in [0, 0.05) is 35.0 Å². The first-order valence-electron chi connectivity index (χ1n) is 5.74. The second-order valence-corrected chi connectivity index (χ2v) is 4.97. The molecule has 0 aliphatic carbocycles. The van der Waals surface area contributed by atoms with Gasteiger partial charge in [0.2, 0.25) is 0 Å². The van der Waals surface area contributed by atoms with Crippen LogP contribution in [0.15, 0.2) is 42.7 Å². The van der Waals surface area contributed by atoms with E-state index in [4.69, 9.17) is 23.2 Å². The first kappa shape index (κ1) is 13.3. The van der Waals surface area contributed by atoms with E-state index in [9.17, 15) is 0 Å². The monoisotopic (exact) mass is 280 g/mol. The van der Waals surface area contributed by atoms with Gasteiger partial charge in [-0.3, -0.25) is 4.98 Å². The Morgan fingerprint density at radius 2 is 2.11 bits per heavy atom. The molecule has 2 aromatic rings. The molecule has 1 aromatic heterocycles. The highest BCUT2D eigenvalue weighted by Crippen LogP contribution is 2.21. The van der Waals surface area contributed by atoms with Crippen LogP contribution in [0.5, 0.6) is 0 Å². The number of nitrogens with zero attached hydrogens (tertiary/aromatic N) is 1. The molecule has 0 saturated heterocycles. The van der Waals surface area contributed by atoms with E-state index in [1.807, 2.05) is 30.5 Å². The zero-order valence-corrected chi connectivity index (χ0v) is 11.5. The SMILES string of the molecule is C[C@@H](NCc1cc(Cl)ccc1Cl)c1cccnc1. The second-order valence-electron chi connectivity index (χ2n) is 4.12. The topological polar surface area (TPSA) is 24.9 Å². The smallest absolute Gasteiger partial charge is 0.0451 e. The summed E-state index contributed by atoms with van der Waals surface area (Å²) in [6.45, 7) is 2.77. The van der Waals surface area contributed by atoms with E-state index in [-0.39, 0.29) is 6.04 Å². The van der Waals surface area contributed by atoms with E-state index in [1.54, 1.807) is 12.3 Å². The second kappa shape index (κ2) is 6.19. The minimum Gasteiger partial charge on any atom is -0.306 e. The van der Waals surface area contributed by atoms with Crippen LogP contribution in [0.2, 0.25) is 10.0 Å². The Bertz CT molecular complexity index is 514. The van der Waals surface area contributed by atoms with Gasteiger partial charge in [-0.1, -0.05) is 29.3 Å². The molecule has 0 spiro atoms. The van der Waals surface area contributed by atoms with E-state index in [0.717, 1.165) is 16.1 Å². The lowest BCUT2D eigenvalue weighted by Crippen LogP contribution is -2.18. The van der Waals surface area contributed by atoms with Crippen molar-refractivity contribution in [2.75, 3.05) is 0 Å². The molecule has 0 unspecified atom stereocenters. The Labute approximate surface area is 117 Å². The Kier molecular flexibility index (Phi) is 4.59. The van der Waals surface area contributed by atoms with Gasteiger partial charge in [0.15, 0.2) is 0 Å². The summed E-state index contributed by atoms with van der Waals surface area (Å²) in [7, 11) is 0. The lowest BCUT2D eigenvalue weighted by molar-refractivity contribution is 0.573. The van der Waals surface area contributed by atoms with Crippen molar-refractivity contribution in [1.82, 2.24) is 10.3 Å². The van der Waals surface area contributed by atoms with Crippen molar-refractivity contribution < 1.29 is 0 Å². The Morgan fingerprint density at radius 3 is 2.83 bits per heavy atom. The highest BCUT2D eigenvalue weighted by Gasteiger charge is 2.06. The van der Waals surface area contributed by atoms with Crippen molar-refractivity contribution in [3.63, 3.8) is 0 Å². The van der Waals surface area contributed by atoms with Crippen LogP contribution in [0.3, 0.4) is 0 Å². The summed E-state index contributed by atoms with van der Waals surface area (Å²) in [5.74, 6) is 0. The number of pyridine rings is 1. The number of rotatable bonds is 4. The lowest BCUT2D eigenvalue weighted by Gasteiger charge is -2.14. The van der Waals surface area contributed by atoms with Crippen molar-refractivity contribution in [3.05, 3.63) is 63.9 Å². The number of hydrogen-bond donors (Lipinski definition) is 1. The van der Waals surface area contributed by atoms with Crippen molar-refractivity contribution in [2.45, 2.75) is 19.5 Å². The minimum absolute atomic E-state index is 0.216. The van der Waals surface area contributed by atoms with Crippen molar-refractivity contribution >= 4 is 23.2 Å². The molecule has 0 saturated carbocycles. The van der Waals surface area contributed by atoms with Gasteiger partial charge in [0.1, 0.15) is 0 Å². The van der Waals surface area contributed by atoms with Crippen LogP contribution in [0.25, 0.3) is 0 Å². The predicted octanol–water partition coefficient (Wildman–Crippen LogP) is 4.24. The number of benzene rings is 1. The summed E-state index contributed by atoms with van der Waals surface area (Å²) in [5, 5.41) is 4.83. The van der Waals surface area contributed by atoms with Gasteiger partial charge in [-0.2, -0.15) is 0 Å². The summed E-state index contributed by atoms with van der Waals surface area (Å²) in [4.78, 5) is 4.11. The van der Waals surface area contributed by atoms with E-state index in [0.29, 0.717) is 11.6 Å². The molecule has 94 valence electrons. The summed E-state index contributed by atoms with van der Waals surface area (Å²) in [6.07, 6.45) is 3.63. The molecule has 0 fully saturated rings. The molecule has 0 radical (unpaired) electrons. The minimum atomic E-state index is 0.216. The third kappa shape index (κ3) is 3.45. The predicted molar refractivity (Wildman–Crippen MR) is 76.0 cm³/mol. The molecule has 1 heterocycles. The number of nitrogens with one attached hydrogen (secondary N) is 1.